The highest BCUT2D eigenvalue weighted by molar-refractivity contribution is 6.04. The van der Waals surface area contributed by atoms with Gasteiger partial charge in [0.05, 0.1) is 0 Å². The van der Waals surface area contributed by atoms with Crippen molar-refractivity contribution in [3.05, 3.63) is 0 Å². The number of hydrogen-bond acceptors (Lipinski definition) is 2. The summed E-state index contributed by atoms with van der Waals surface area (Å²) in [5.74, 6) is 0.384. The Hall–Kier alpha value is -1.06. The molecule has 0 bridgehead atoms. The Morgan fingerprint density at radius 3 is 2.26 bits per heavy atom. The Bertz CT molecular complexity index is 352. The first-order valence-corrected chi connectivity index (χ1v) is 7.48. The molecule has 4 nitrogen and oxygen atoms in total. The van der Waals surface area contributed by atoms with Crippen LogP contribution in [0, 0.1) is 17.3 Å². The lowest BCUT2D eigenvalue weighted by molar-refractivity contribution is -0.154. The molecule has 108 valence electrons. The van der Waals surface area contributed by atoms with Gasteiger partial charge in [-0.25, -0.2) is 0 Å². The number of carbonyl (C=O) groups excluding carboxylic acids is 1. The molecule has 1 heterocycles. The highest BCUT2D eigenvalue weighted by atomic mass is 16.4. The Morgan fingerprint density at radius 2 is 1.84 bits per heavy atom. The number of hydrogen-bond donors (Lipinski definition) is 1. The lowest BCUT2D eigenvalue weighted by Gasteiger charge is -2.33. The van der Waals surface area contributed by atoms with Gasteiger partial charge in [0.2, 0.25) is 5.91 Å². The monoisotopic (exact) mass is 267 g/mol. The third-order valence-corrected chi connectivity index (χ3v) is 4.62. The summed E-state index contributed by atoms with van der Waals surface area (Å²) in [5, 5.41) is 9.15. The summed E-state index contributed by atoms with van der Waals surface area (Å²) in [4.78, 5) is 25.2. The van der Waals surface area contributed by atoms with Gasteiger partial charge in [-0.3, -0.25) is 9.59 Å². The fourth-order valence-electron chi connectivity index (χ4n) is 2.94. The highest BCUT2D eigenvalue weighted by Gasteiger charge is 2.58. The fourth-order valence-corrected chi connectivity index (χ4v) is 2.94. The standard InChI is InChI=1S/C15H25NO3/c1-11(2)3-4-12-5-9-16(10-6-12)13(17)15(7-8-15)14(18)19/h11-12H,3-10H2,1-2H3,(H,18,19). The van der Waals surface area contributed by atoms with Gasteiger partial charge in [-0.15, -0.1) is 0 Å². The molecule has 1 N–H and O–H groups in total. The van der Waals surface area contributed by atoms with E-state index < -0.39 is 11.4 Å². The second kappa shape index (κ2) is 5.51. The molecule has 0 aromatic rings. The number of aliphatic carboxylic acids is 1. The van der Waals surface area contributed by atoms with E-state index in [-0.39, 0.29) is 5.91 Å². The molecule has 0 atom stereocenters. The number of rotatable bonds is 5. The van der Waals surface area contributed by atoms with Crippen molar-refractivity contribution in [2.45, 2.75) is 52.4 Å². The van der Waals surface area contributed by atoms with Crippen LogP contribution in [0.2, 0.25) is 0 Å². The van der Waals surface area contributed by atoms with Gasteiger partial charge in [-0.05, 0) is 37.5 Å². The van der Waals surface area contributed by atoms with Gasteiger partial charge in [-0.2, -0.15) is 0 Å². The van der Waals surface area contributed by atoms with Crippen LogP contribution in [0.3, 0.4) is 0 Å². The summed E-state index contributed by atoms with van der Waals surface area (Å²) < 4.78 is 0. The van der Waals surface area contributed by atoms with Crippen LogP contribution < -0.4 is 0 Å². The number of amides is 1. The first-order valence-electron chi connectivity index (χ1n) is 7.48. The molecule has 0 spiro atoms. The molecule has 2 aliphatic rings. The molecule has 0 aromatic heterocycles. The maximum atomic E-state index is 12.2. The van der Waals surface area contributed by atoms with Gasteiger partial charge >= 0.3 is 5.97 Å². The van der Waals surface area contributed by atoms with E-state index >= 15 is 0 Å². The Morgan fingerprint density at radius 1 is 1.26 bits per heavy atom. The Kier molecular flexibility index (Phi) is 4.16. The Balaban J connectivity index is 1.80. The SMILES string of the molecule is CC(C)CCC1CCN(C(=O)C2(C(=O)O)CC2)CC1. The topological polar surface area (TPSA) is 57.6 Å². The molecule has 2 fully saturated rings. The molecule has 1 saturated carbocycles. The lowest BCUT2D eigenvalue weighted by Crippen LogP contribution is -2.45. The molecular weight excluding hydrogens is 242 g/mol. The number of likely N-dealkylation sites (tertiary alicyclic amines) is 1. The summed E-state index contributed by atoms with van der Waals surface area (Å²) in [7, 11) is 0. The van der Waals surface area contributed by atoms with E-state index in [9.17, 15) is 9.59 Å². The zero-order valence-corrected chi connectivity index (χ0v) is 12.0. The summed E-state index contributed by atoms with van der Waals surface area (Å²) >= 11 is 0. The number of piperidine rings is 1. The summed E-state index contributed by atoms with van der Waals surface area (Å²) in [5.41, 5.74) is -1.05. The van der Waals surface area contributed by atoms with Crippen LogP contribution in [0.4, 0.5) is 0 Å². The zero-order chi connectivity index (χ0) is 14.0. The van der Waals surface area contributed by atoms with Crippen molar-refractivity contribution in [3.63, 3.8) is 0 Å². The van der Waals surface area contributed by atoms with Crippen LogP contribution in [0.25, 0.3) is 0 Å². The van der Waals surface area contributed by atoms with Crippen molar-refractivity contribution < 1.29 is 14.7 Å². The third-order valence-electron chi connectivity index (χ3n) is 4.62. The van der Waals surface area contributed by atoms with Crippen molar-refractivity contribution in [2.24, 2.45) is 17.3 Å². The first-order chi connectivity index (χ1) is 8.95. The van der Waals surface area contributed by atoms with Gasteiger partial charge in [0.1, 0.15) is 5.41 Å². The zero-order valence-electron chi connectivity index (χ0n) is 12.0. The minimum Gasteiger partial charge on any atom is -0.480 e. The van der Waals surface area contributed by atoms with E-state index in [0.29, 0.717) is 18.8 Å². The molecule has 0 unspecified atom stereocenters. The van der Waals surface area contributed by atoms with Gasteiger partial charge in [0, 0.05) is 13.1 Å². The van der Waals surface area contributed by atoms with E-state index in [2.05, 4.69) is 13.8 Å². The van der Waals surface area contributed by atoms with Crippen molar-refractivity contribution in [3.8, 4) is 0 Å². The lowest BCUT2D eigenvalue weighted by atomic mass is 9.89. The molecule has 0 radical (unpaired) electrons. The van der Waals surface area contributed by atoms with Gasteiger partial charge in [0.25, 0.3) is 0 Å². The fraction of sp³-hybridized carbons (Fsp3) is 0.867. The van der Waals surface area contributed by atoms with E-state index in [1.54, 1.807) is 4.90 Å². The van der Waals surface area contributed by atoms with Crippen LogP contribution in [0.15, 0.2) is 0 Å². The largest absolute Gasteiger partial charge is 0.480 e. The molecule has 2 rings (SSSR count). The summed E-state index contributed by atoms with van der Waals surface area (Å²) in [6, 6.07) is 0. The van der Waals surface area contributed by atoms with Crippen LogP contribution in [0.1, 0.15) is 52.4 Å². The normalized spacial score (nSPS) is 22.6. The van der Waals surface area contributed by atoms with Crippen molar-refractivity contribution in [2.75, 3.05) is 13.1 Å². The first kappa shape index (κ1) is 14.4. The Labute approximate surface area is 115 Å². The minimum atomic E-state index is -1.05. The van der Waals surface area contributed by atoms with Gasteiger partial charge < -0.3 is 10.0 Å². The predicted molar refractivity (Wildman–Crippen MR) is 72.7 cm³/mol. The second-order valence-electron chi connectivity index (χ2n) is 6.59. The second-order valence-corrected chi connectivity index (χ2v) is 6.59. The van der Waals surface area contributed by atoms with E-state index in [0.717, 1.165) is 31.8 Å². The average Bonchev–Trinajstić information content (AvgIpc) is 3.17. The number of carboxylic acids is 1. The average molecular weight is 267 g/mol. The van der Waals surface area contributed by atoms with Gasteiger partial charge in [-0.1, -0.05) is 26.7 Å². The number of nitrogens with zero attached hydrogens (tertiary/aromatic N) is 1. The molecule has 1 saturated heterocycles. The van der Waals surface area contributed by atoms with Crippen molar-refractivity contribution in [1.82, 2.24) is 4.90 Å². The van der Waals surface area contributed by atoms with Crippen molar-refractivity contribution in [1.29, 1.82) is 0 Å². The van der Waals surface area contributed by atoms with E-state index in [4.69, 9.17) is 5.11 Å². The van der Waals surface area contributed by atoms with Crippen LogP contribution in [-0.4, -0.2) is 35.0 Å². The van der Waals surface area contributed by atoms with Crippen LogP contribution >= 0.6 is 0 Å². The maximum Gasteiger partial charge on any atom is 0.319 e. The molecule has 1 aliphatic carbocycles. The predicted octanol–water partition coefficient (Wildman–Crippen LogP) is 2.53. The maximum absolute atomic E-state index is 12.2. The molecule has 0 aromatic carbocycles. The van der Waals surface area contributed by atoms with Crippen LogP contribution in [0.5, 0.6) is 0 Å². The van der Waals surface area contributed by atoms with E-state index in [1.807, 2.05) is 0 Å². The quantitative estimate of drug-likeness (QED) is 0.779. The molecular formula is C15H25NO3. The molecule has 19 heavy (non-hydrogen) atoms. The summed E-state index contributed by atoms with van der Waals surface area (Å²) in [6.07, 6.45) is 5.60. The molecule has 4 heteroatoms. The number of carbonyl (C=O) groups is 2. The minimum absolute atomic E-state index is 0.137. The van der Waals surface area contributed by atoms with E-state index in [1.165, 1.54) is 12.8 Å². The van der Waals surface area contributed by atoms with Crippen LogP contribution in [-0.2, 0) is 9.59 Å². The molecule has 1 aliphatic heterocycles. The third kappa shape index (κ3) is 3.10. The number of carboxylic acid groups (broad SMARTS) is 1. The summed E-state index contributed by atoms with van der Waals surface area (Å²) in [6.45, 7) is 5.97. The van der Waals surface area contributed by atoms with Crippen molar-refractivity contribution >= 4 is 11.9 Å². The molecule has 1 amide bonds. The highest BCUT2D eigenvalue weighted by Crippen LogP contribution is 2.48. The van der Waals surface area contributed by atoms with Gasteiger partial charge in [0.15, 0.2) is 0 Å². The smallest absolute Gasteiger partial charge is 0.319 e.